The second-order valence-electron chi connectivity index (χ2n) is 7.49. The minimum absolute atomic E-state index is 0.124. The maximum absolute atomic E-state index is 12.5. The van der Waals surface area contributed by atoms with Crippen LogP contribution in [-0.4, -0.2) is 23.4 Å². The number of pyridine rings is 1. The smallest absolute Gasteiger partial charge is 0.261 e. The quantitative estimate of drug-likeness (QED) is 0.425. The number of rotatable bonds is 4. The molecule has 5 N–H and O–H groups in total. The summed E-state index contributed by atoms with van der Waals surface area (Å²) >= 11 is 0. The van der Waals surface area contributed by atoms with Gasteiger partial charge in [-0.1, -0.05) is 25.3 Å². The number of benzene rings is 1. The predicted octanol–water partition coefficient (Wildman–Crippen LogP) is 3.20. The molecule has 6 heteroatoms. The van der Waals surface area contributed by atoms with Crippen LogP contribution in [0.3, 0.4) is 0 Å². The maximum atomic E-state index is 12.5. The van der Waals surface area contributed by atoms with Crippen LogP contribution in [0, 0.1) is 5.41 Å². The topological polar surface area (TPSA) is 92.8 Å². The van der Waals surface area contributed by atoms with Gasteiger partial charge in [0.15, 0.2) is 0 Å². The van der Waals surface area contributed by atoms with Gasteiger partial charge >= 0.3 is 0 Å². The Morgan fingerprint density at radius 2 is 1.96 bits per heavy atom. The van der Waals surface area contributed by atoms with Crippen LogP contribution in [0.25, 0.3) is 0 Å². The number of hydrogen-bond donors (Lipinski definition) is 5. The molecule has 27 heavy (non-hydrogen) atoms. The van der Waals surface area contributed by atoms with Gasteiger partial charge < -0.3 is 20.9 Å². The van der Waals surface area contributed by atoms with Crippen molar-refractivity contribution >= 4 is 17.2 Å². The predicted molar refractivity (Wildman–Crippen MR) is 110 cm³/mol. The Morgan fingerprint density at radius 1 is 1.11 bits per heavy atom. The van der Waals surface area contributed by atoms with Crippen molar-refractivity contribution in [2.24, 2.45) is 0 Å². The van der Waals surface area contributed by atoms with Crippen molar-refractivity contribution in [2.75, 3.05) is 17.2 Å². The molecule has 1 aromatic carbocycles. The molecule has 1 aliphatic carbocycles. The number of H-pyrrole nitrogens is 1. The van der Waals surface area contributed by atoms with Crippen LogP contribution in [0.1, 0.15) is 48.8 Å². The second-order valence-corrected chi connectivity index (χ2v) is 7.49. The molecule has 6 nitrogen and oxygen atoms in total. The Bertz CT molecular complexity index is 882. The average molecular weight is 365 g/mol. The number of aromatic nitrogens is 1. The summed E-state index contributed by atoms with van der Waals surface area (Å²) in [6, 6.07) is 8.41. The molecule has 0 bridgehead atoms. The highest BCUT2D eigenvalue weighted by Crippen LogP contribution is 2.24. The third kappa shape index (κ3) is 4.06. The van der Waals surface area contributed by atoms with Crippen LogP contribution >= 0.6 is 0 Å². The normalized spacial score (nSPS) is 17.2. The maximum Gasteiger partial charge on any atom is 0.261 e. The fraction of sp³-hybridized carbons (Fsp3) is 0.429. The summed E-state index contributed by atoms with van der Waals surface area (Å²) < 4.78 is 0. The van der Waals surface area contributed by atoms with Crippen molar-refractivity contribution in [1.82, 2.24) is 10.3 Å². The fourth-order valence-corrected chi connectivity index (χ4v) is 4.08. The molecular weight excluding hydrogens is 338 g/mol. The third-order valence-corrected chi connectivity index (χ3v) is 5.54. The zero-order valence-electron chi connectivity index (χ0n) is 15.5. The van der Waals surface area contributed by atoms with Gasteiger partial charge in [0.2, 0.25) is 0 Å². The van der Waals surface area contributed by atoms with Crippen molar-refractivity contribution in [3.8, 4) is 0 Å². The van der Waals surface area contributed by atoms with E-state index >= 15 is 0 Å². The van der Waals surface area contributed by atoms with Gasteiger partial charge in [0.25, 0.3) is 5.56 Å². The molecule has 2 aliphatic rings. The van der Waals surface area contributed by atoms with Gasteiger partial charge in [0, 0.05) is 24.5 Å². The molecule has 0 saturated heterocycles. The summed E-state index contributed by atoms with van der Waals surface area (Å²) in [6.07, 6.45) is 8.63. The van der Waals surface area contributed by atoms with Crippen LogP contribution < -0.4 is 21.5 Å². The summed E-state index contributed by atoms with van der Waals surface area (Å²) in [5.74, 6) is 0.124. The van der Waals surface area contributed by atoms with E-state index in [1.807, 2.05) is 12.1 Å². The van der Waals surface area contributed by atoms with E-state index in [-0.39, 0.29) is 11.4 Å². The molecule has 142 valence electrons. The number of amidine groups is 1. The molecule has 1 aliphatic heterocycles. The van der Waals surface area contributed by atoms with E-state index < -0.39 is 0 Å². The lowest BCUT2D eigenvalue weighted by molar-refractivity contribution is 0.462. The van der Waals surface area contributed by atoms with Gasteiger partial charge in [-0.15, -0.1) is 0 Å². The minimum Gasteiger partial charge on any atom is -0.382 e. The number of nitrogens with one attached hydrogen (secondary N) is 5. The lowest BCUT2D eigenvalue weighted by Gasteiger charge is -2.25. The Morgan fingerprint density at radius 3 is 2.81 bits per heavy atom. The van der Waals surface area contributed by atoms with Crippen LogP contribution in [0.2, 0.25) is 0 Å². The van der Waals surface area contributed by atoms with E-state index in [1.54, 1.807) is 6.20 Å². The van der Waals surface area contributed by atoms with E-state index in [2.05, 4.69) is 33.1 Å². The monoisotopic (exact) mass is 365 g/mol. The lowest BCUT2D eigenvalue weighted by atomic mass is 9.95. The van der Waals surface area contributed by atoms with Crippen LogP contribution in [0.5, 0.6) is 0 Å². The number of aromatic amines is 1. The zero-order chi connectivity index (χ0) is 18.6. The first-order valence-corrected chi connectivity index (χ1v) is 9.87. The Kier molecular flexibility index (Phi) is 5.25. The first-order valence-electron chi connectivity index (χ1n) is 9.87. The van der Waals surface area contributed by atoms with Crippen molar-refractivity contribution in [1.29, 1.82) is 5.41 Å². The first-order chi connectivity index (χ1) is 13.2. The Hall–Kier alpha value is -2.60. The molecule has 2 aromatic rings. The molecule has 4 rings (SSSR count). The van der Waals surface area contributed by atoms with Gasteiger partial charge in [0.05, 0.1) is 5.69 Å². The highest BCUT2D eigenvalue weighted by atomic mass is 16.1. The summed E-state index contributed by atoms with van der Waals surface area (Å²) in [5, 5.41) is 18.5. The van der Waals surface area contributed by atoms with E-state index in [0.29, 0.717) is 11.6 Å². The largest absolute Gasteiger partial charge is 0.382 e. The minimum atomic E-state index is -0.243. The zero-order valence-corrected chi connectivity index (χ0v) is 15.5. The Balaban J connectivity index is 1.55. The number of hydrogen-bond acceptors (Lipinski definition) is 4. The molecule has 1 saturated carbocycles. The fourth-order valence-electron chi connectivity index (χ4n) is 4.08. The van der Waals surface area contributed by atoms with Crippen LogP contribution in [-0.2, 0) is 13.0 Å². The summed E-state index contributed by atoms with van der Waals surface area (Å²) in [4.78, 5) is 15.2. The third-order valence-electron chi connectivity index (χ3n) is 5.54. The molecular formula is C21H27N5O. The van der Waals surface area contributed by atoms with Crippen LogP contribution in [0.15, 0.2) is 35.3 Å². The molecule has 0 amide bonds. The van der Waals surface area contributed by atoms with E-state index in [9.17, 15) is 4.79 Å². The van der Waals surface area contributed by atoms with Crippen LogP contribution in [0.4, 0.5) is 11.4 Å². The Labute approximate surface area is 159 Å². The van der Waals surface area contributed by atoms with Gasteiger partial charge in [0.1, 0.15) is 11.4 Å². The first kappa shape index (κ1) is 17.8. The molecule has 0 unspecified atom stereocenters. The molecule has 0 atom stereocenters. The summed E-state index contributed by atoms with van der Waals surface area (Å²) in [6.45, 7) is 1.85. The SMILES string of the molecule is N=C(Nc1ccc2c(c1)CNCC2)c1c(NC2CCCCC2)cc[nH]c1=O. The van der Waals surface area contributed by atoms with E-state index in [4.69, 9.17) is 5.41 Å². The highest BCUT2D eigenvalue weighted by Gasteiger charge is 2.18. The van der Waals surface area contributed by atoms with Gasteiger partial charge in [-0.2, -0.15) is 0 Å². The van der Waals surface area contributed by atoms with Gasteiger partial charge in [-0.05, 0) is 55.1 Å². The van der Waals surface area contributed by atoms with Gasteiger partial charge in [-0.25, -0.2) is 0 Å². The van der Waals surface area contributed by atoms with Crippen molar-refractivity contribution in [2.45, 2.75) is 51.1 Å². The average Bonchev–Trinajstić information content (AvgIpc) is 2.69. The second kappa shape index (κ2) is 7.96. The van der Waals surface area contributed by atoms with Crippen molar-refractivity contribution < 1.29 is 0 Å². The molecule has 0 radical (unpaired) electrons. The molecule has 0 spiro atoms. The van der Waals surface area contributed by atoms with Gasteiger partial charge in [-0.3, -0.25) is 10.2 Å². The molecule has 2 heterocycles. The molecule has 1 aromatic heterocycles. The highest BCUT2D eigenvalue weighted by molar-refractivity contribution is 6.09. The van der Waals surface area contributed by atoms with E-state index in [0.717, 1.165) is 43.7 Å². The summed E-state index contributed by atoms with van der Waals surface area (Å²) in [7, 11) is 0. The number of anilines is 2. The van der Waals surface area contributed by atoms with E-state index in [1.165, 1.54) is 30.4 Å². The summed E-state index contributed by atoms with van der Waals surface area (Å²) in [5.41, 5.74) is 4.31. The molecule has 1 fully saturated rings. The van der Waals surface area contributed by atoms with Crippen molar-refractivity contribution in [3.63, 3.8) is 0 Å². The standard InChI is InChI=1S/C21H27N5O/c22-20(26-17-7-6-14-8-10-23-13-15(14)12-17)19-18(9-11-24-21(19)27)25-16-4-2-1-3-5-16/h6-7,9,11-12,16,23H,1-5,8,10,13H2,(H2,22,26)(H2,24,25,27). The lowest BCUT2D eigenvalue weighted by Crippen LogP contribution is -2.29. The number of fused-ring (bicyclic) bond motifs is 1. The van der Waals surface area contributed by atoms with Crippen molar-refractivity contribution in [3.05, 3.63) is 57.5 Å².